The van der Waals surface area contributed by atoms with Gasteiger partial charge in [0.2, 0.25) is 0 Å². The van der Waals surface area contributed by atoms with E-state index in [2.05, 4.69) is 13.8 Å². The summed E-state index contributed by atoms with van der Waals surface area (Å²) in [5, 5.41) is 0. The third kappa shape index (κ3) is 2.54. The van der Waals surface area contributed by atoms with Crippen LogP contribution in [-0.2, 0) is 19.7 Å². The number of rotatable bonds is 5. The molecule has 0 radical (unpaired) electrons. The third-order valence-corrected chi connectivity index (χ3v) is 4.19. The normalized spacial score (nSPS) is 20.4. The van der Waals surface area contributed by atoms with E-state index in [1.165, 1.54) is 20.3 Å². The summed E-state index contributed by atoms with van der Waals surface area (Å²) in [5.74, 6) is 0.255. The van der Waals surface area contributed by atoms with Gasteiger partial charge < -0.3 is 9.47 Å². The van der Waals surface area contributed by atoms with E-state index in [1.54, 1.807) is 12.1 Å². The van der Waals surface area contributed by atoms with E-state index >= 15 is 0 Å². The van der Waals surface area contributed by atoms with Gasteiger partial charge in [0.15, 0.2) is 11.2 Å². The van der Waals surface area contributed by atoms with Crippen molar-refractivity contribution < 1.29 is 19.1 Å². The zero-order valence-electron chi connectivity index (χ0n) is 13.5. The van der Waals surface area contributed by atoms with Gasteiger partial charge in [-0.1, -0.05) is 38.1 Å². The van der Waals surface area contributed by atoms with Gasteiger partial charge >= 0.3 is 5.97 Å². The minimum Gasteiger partial charge on any atom is -0.499 e. The molecule has 0 bridgehead atoms. The van der Waals surface area contributed by atoms with Crippen molar-refractivity contribution in [3.63, 3.8) is 0 Å². The maximum Gasteiger partial charge on any atom is 0.324 e. The predicted octanol–water partition coefficient (Wildman–Crippen LogP) is 3.26. The Bertz CT molecular complexity index is 615. The minimum atomic E-state index is -1.04. The van der Waals surface area contributed by atoms with Crippen molar-refractivity contribution >= 4 is 11.8 Å². The average molecular weight is 302 g/mol. The molecule has 4 nitrogen and oxygen atoms in total. The molecule has 22 heavy (non-hydrogen) atoms. The highest BCUT2D eigenvalue weighted by molar-refractivity contribution is 6.10. The van der Waals surface area contributed by atoms with Gasteiger partial charge in [-0.25, -0.2) is 0 Å². The van der Waals surface area contributed by atoms with E-state index in [0.29, 0.717) is 29.2 Å². The van der Waals surface area contributed by atoms with Crippen LogP contribution in [0.1, 0.15) is 42.6 Å². The van der Waals surface area contributed by atoms with Gasteiger partial charge in [-0.3, -0.25) is 9.59 Å². The van der Waals surface area contributed by atoms with Crippen molar-refractivity contribution in [2.24, 2.45) is 5.92 Å². The second-order valence-electron chi connectivity index (χ2n) is 5.95. The Labute approximate surface area is 131 Å². The molecule has 1 unspecified atom stereocenters. The van der Waals surface area contributed by atoms with E-state index in [9.17, 15) is 9.59 Å². The van der Waals surface area contributed by atoms with Gasteiger partial charge in [-0.15, -0.1) is 0 Å². The molecule has 0 amide bonds. The molecule has 2 rings (SSSR count). The van der Waals surface area contributed by atoms with Gasteiger partial charge in [-0.05, 0) is 24.3 Å². The SMILES string of the molecule is COC(=O)C1(CCC(C)C)C(OC)=CC(=O)c2ccccc21. The number of allylic oxidation sites excluding steroid dienone is 1. The standard InChI is InChI=1S/C18H22O4/c1-12(2)9-10-18(17(20)22-4)14-8-6-5-7-13(14)15(19)11-16(18)21-3/h5-8,11-12H,9-10H2,1-4H3. The Morgan fingerprint density at radius 3 is 2.50 bits per heavy atom. The average Bonchev–Trinajstić information content (AvgIpc) is 2.53. The lowest BCUT2D eigenvalue weighted by Crippen LogP contribution is -2.43. The Kier molecular flexibility index (Phi) is 4.69. The number of carbonyl (C=O) groups is 2. The van der Waals surface area contributed by atoms with Crippen molar-refractivity contribution in [2.75, 3.05) is 14.2 Å². The van der Waals surface area contributed by atoms with Gasteiger partial charge in [0.1, 0.15) is 5.76 Å². The first-order chi connectivity index (χ1) is 10.5. The lowest BCUT2D eigenvalue weighted by Gasteiger charge is -2.36. The Balaban J connectivity index is 2.67. The van der Waals surface area contributed by atoms with E-state index in [0.717, 1.165) is 6.42 Å². The van der Waals surface area contributed by atoms with Crippen LogP contribution in [0.25, 0.3) is 0 Å². The van der Waals surface area contributed by atoms with Crippen LogP contribution in [0.2, 0.25) is 0 Å². The van der Waals surface area contributed by atoms with Gasteiger partial charge in [0.05, 0.1) is 14.2 Å². The van der Waals surface area contributed by atoms with Crippen molar-refractivity contribution in [3.8, 4) is 0 Å². The highest BCUT2D eigenvalue weighted by Crippen LogP contribution is 2.44. The van der Waals surface area contributed by atoms with Crippen LogP contribution in [0.5, 0.6) is 0 Å². The lowest BCUT2D eigenvalue weighted by molar-refractivity contribution is -0.148. The molecule has 1 atom stereocenters. The van der Waals surface area contributed by atoms with E-state index < -0.39 is 5.41 Å². The van der Waals surface area contributed by atoms with Crippen LogP contribution < -0.4 is 0 Å². The monoisotopic (exact) mass is 302 g/mol. The molecule has 0 N–H and O–H groups in total. The number of carbonyl (C=O) groups excluding carboxylic acids is 2. The largest absolute Gasteiger partial charge is 0.499 e. The molecule has 0 saturated carbocycles. The summed E-state index contributed by atoms with van der Waals surface area (Å²) in [7, 11) is 2.85. The van der Waals surface area contributed by atoms with Crippen LogP contribution >= 0.6 is 0 Å². The first-order valence-electron chi connectivity index (χ1n) is 7.45. The number of ketones is 1. The summed E-state index contributed by atoms with van der Waals surface area (Å²) in [5.41, 5.74) is 0.169. The molecule has 1 aliphatic rings. The van der Waals surface area contributed by atoms with Gasteiger partial charge in [0, 0.05) is 11.6 Å². The summed E-state index contributed by atoms with van der Waals surface area (Å²) in [6.07, 6.45) is 2.78. The number of ether oxygens (including phenoxy) is 2. The second kappa shape index (κ2) is 6.34. The lowest BCUT2D eigenvalue weighted by atomic mass is 9.68. The second-order valence-corrected chi connectivity index (χ2v) is 5.95. The van der Waals surface area contributed by atoms with Gasteiger partial charge in [-0.2, -0.15) is 0 Å². The highest BCUT2D eigenvalue weighted by atomic mass is 16.5. The van der Waals surface area contributed by atoms with E-state index in [1.807, 2.05) is 12.1 Å². The molecule has 0 spiro atoms. The molecule has 1 aromatic carbocycles. The summed E-state index contributed by atoms with van der Waals surface area (Å²) in [4.78, 5) is 25.0. The van der Waals surface area contributed by atoms with Crippen LogP contribution in [0.15, 0.2) is 36.1 Å². The fourth-order valence-corrected chi connectivity index (χ4v) is 3.01. The first-order valence-corrected chi connectivity index (χ1v) is 7.45. The molecule has 118 valence electrons. The number of fused-ring (bicyclic) bond motifs is 1. The van der Waals surface area contributed by atoms with Crippen molar-refractivity contribution in [2.45, 2.75) is 32.1 Å². The number of hydrogen-bond acceptors (Lipinski definition) is 4. The summed E-state index contributed by atoms with van der Waals surface area (Å²) in [6.45, 7) is 4.20. The van der Waals surface area contributed by atoms with Crippen LogP contribution in [-0.4, -0.2) is 26.0 Å². The molecule has 1 aliphatic carbocycles. The third-order valence-electron chi connectivity index (χ3n) is 4.19. The molecule has 1 aromatic rings. The van der Waals surface area contributed by atoms with Gasteiger partial charge in [0.25, 0.3) is 0 Å². The number of benzene rings is 1. The molecular formula is C18H22O4. The molecule has 0 aromatic heterocycles. The molecule has 0 saturated heterocycles. The van der Waals surface area contributed by atoms with E-state index in [4.69, 9.17) is 9.47 Å². The van der Waals surface area contributed by atoms with Crippen LogP contribution in [0.3, 0.4) is 0 Å². The fourth-order valence-electron chi connectivity index (χ4n) is 3.01. The Morgan fingerprint density at radius 2 is 1.91 bits per heavy atom. The predicted molar refractivity (Wildman–Crippen MR) is 83.6 cm³/mol. The Hall–Kier alpha value is -2.10. The number of esters is 1. The molecule has 4 heteroatoms. The van der Waals surface area contributed by atoms with E-state index in [-0.39, 0.29) is 11.8 Å². The first kappa shape index (κ1) is 16.3. The van der Waals surface area contributed by atoms with Crippen molar-refractivity contribution in [1.82, 2.24) is 0 Å². The maximum atomic E-state index is 12.7. The topological polar surface area (TPSA) is 52.6 Å². The number of hydrogen-bond donors (Lipinski definition) is 0. The fraction of sp³-hybridized carbons (Fsp3) is 0.444. The molecular weight excluding hydrogens is 280 g/mol. The van der Waals surface area contributed by atoms with Crippen LogP contribution in [0, 0.1) is 5.92 Å². The summed E-state index contributed by atoms with van der Waals surface area (Å²) >= 11 is 0. The molecule has 0 heterocycles. The maximum absolute atomic E-state index is 12.7. The smallest absolute Gasteiger partial charge is 0.324 e. The highest BCUT2D eigenvalue weighted by Gasteiger charge is 2.50. The summed E-state index contributed by atoms with van der Waals surface area (Å²) < 4.78 is 10.5. The molecule has 0 aliphatic heterocycles. The Morgan fingerprint density at radius 1 is 1.23 bits per heavy atom. The zero-order chi connectivity index (χ0) is 16.3. The summed E-state index contributed by atoms with van der Waals surface area (Å²) in [6, 6.07) is 7.19. The van der Waals surface area contributed by atoms with Crippen LogP contribution in [0.4, 0.5) is 0 Å². The quantitative estimate of drug-likeness (QED) is 0.783. The van der Waals surface area contributed by atoms with Crippen molar-refractivity contribution in [1.29, 1.82) is 0 Å². The molecule has 0 fully saturated rings. The van der Waals surface area contributed by atoms with Crippen molar-refractivity contribution in [3.05, 3.63) is 47.2 Å². The zero-order valence-corrected chi connectivity index (χ0v) is 13.5. The number of methoxy groups -OCH3 is 2. The minimum absolute atomic E-state index is 0.142.